The number of furan rings is 1. The fraction of sp³-hybridized carbons (Fsp3) is 0.417. The van der Waals surface area contributed by atoms with Crippen molar-refractivity contribution in [1.82, 2.24) is 4.90 Å². The van der Waals surface area contributed by atoms with E-state index in [2.05, 4.69) is 5.92 Å². The van der Waals surface area contributed by atoms with E-state index in [-0.39, 0.29) is 12.5 Å². The average Bonchev–Trinajstić information content (AvgIpc) is 2.76. The van der Waals surface area contributed by atoms with Gasteiger partial charge in [-0.15, -0.1) is 6.42 Å². The summed E-state index contributed by atoms with van der Waals surface area (Å²) in [7, 11) is 0. The van der Waals surface area contributed by atoms with Crippen molar-refractivity contribution in [1.29, 1.82) is 0 Å². The second kappa shape index (κ2) is 5.99. The number of carbonyl (C=O) groups excluding carboxylic acids is 1. The van der Waals surface area contributed by atoms with Gasteiger partial charge in [-0.25, -0.2) is 0 Å². The first-order chi connectivity index (χ1) is 7.72. The summed E-state index contributed by atoms with van der Waals surface area (Å²) in [4.78, 5) is 13.5. The SMILES string of the molecule is C#CCN(CCC)C(=O)c1ccc(CN)o1. The van der Waals surface area contributed by atoms with Crippen LogP contribution in [0.25, 0.3) is 0 Å². The highest BCUT2D eigenvalue weighted by molar-refractivity contribution is 5.91. The first-order valence-electron chi connectivity index (χ1n) is 5.24. The summed E-state index contributed by atoms with van der Waals surface area (Å²) < 4.78 is 5.28. The third-order valence-electron chi connectivity index (χ3n) is 2.14. The molecule has 4 nitrogen and oxygen atoms in total. The number of rotatable bonds is 5. The van der Waals surface area contributed by atoms with Gasteiger partial charge < -0.3 is 15.1 Å². The summed E-state index contributed by atoms with van der Waals surface area (Å²) in [5, 5.41) is 0. The molecule has 0 spiro atoms. The van der Waals surface area contributed by atoms with E-state index >= 15 is 0 Å². The van der Waals surface area contributed by atoms with Gasteiger partial charge in [0.05, 0.1) is 13.1 Å². The molecule has 0 saturated carbocycles. The summed E-state index contributed by atoms with van der Waals surface area (Å²) in [5.41, 5.74) is 5.41. The van der Waals surface area contributed by atoms with Gasteiger partial charge in [0.25, 0.3) is 5.91 Å². The van der Waals surface area contributed by atoms with Crippen LogP contribution >= 0.6 is 0 Å². The number of terminal acetylenes is 1. The van der Waals surface area contributed by atoms with Gasteiger partial charge in [0, 0.05) is 6.54 Å². The van der Waals surface area contributed by atoms with Gasteiger partial charge >= 0.3 is 0 Å². The van der Waals surface area contributed by atoms with E-state index in [0.29, 0.717) is 24.6 Å². The molecule has 0 saturated heterocycles. The summed E-state index contributed by atoms with van der Waals surface area (Å²) in [6, 6.07) is 3.33. The molecule has 0 radical (unpaired) electrons. The Labute approximate surface area is 95.4 Å². The van der Waals surface area contributed by atoms with Crippen LogP contribution in [0, 0.1) is 12.3 Å². The smallest absolute Gasteiger partial charge is 0.290 e. The summed E-state index contributed by atoms with van der Waals surface area (Å²) in [6.07, 6.45) is 6.07. The van der Waals surface area contributed by atoms with Crippen LogP contribution in [0.2, 0.25) is 0 Å². The second-order valence-electron chi connectivity index (χ2n) is 3.40. The molecule has 1 aromatic heterocycles. The molecule has 0 aromatic carbocycles. The Balaban J connectivity index is 2.77. The highest BCUT2D eigenvalue weighted by Crippen LogP contribution is 2.10. The molecule has 0 fully saturated rings. The van der Waals surface area contributed by atoms with Crippen LogP contribution in [0.5, 0.6) is 0 Å². The number of amides is 1. The summed E-state index contributed by atoms with van der Waals surface area (Å²) >= 11 is 0. The zero-order valence-corrected chi connectivity index (χ0v) is 9.40. The molecule has 1 amide bonds. The first-order valence-corrected chi connectivity index (χ1v) is 5.24. The van der Waals surface area contributed by atoms with Crippen molar-refractivity contribution < 1.29 is 9.21 Å². The third kappa shape index (κ3) is 2.88. The third-order valence-corrected chi connectivity index (χ3v) is 2.14. The molecular formula is C12H16N2O2. The minimum Gasteiger partial charge on any atom is -0.455 e. The molecule has 2 N–H and O–H groups in total. The minimum absolute atomic E-state index is 0.181. The molecule has 0 aliphatic heterocycles. The Bertz CT molecular complexity index is 390. The van der Waals surface area contributed by atoms with Crippen molar-refractivity contribution in [3.05, 3.63) is 23.7 Å². The molecule has 1 rings (SSSR count). The zero-order chi connectivity index (χ0) is 12.0. The average molecular weight is 220 g/mol. The topological polar surface area (TPSA) is 59.5 Å². The van der Waals surface area contributed by atoms with Gasteiger partial charge in [0.15, 0.2) is 5.76 Å². The van der Waals surface area contributed by atoms with Gasteiger partial charge in [-0.05, 0) is 18.6 Å². The van der Waals surface area contributed by atoms with E-state index in [9.17, 15) is 4.79 Å². The van der Waals surface area contributed by atoms with Crippen LogP contribution in [0.3, 0.4) is 0 Å². The van der Waals surface area contributed by atoms with Crippen molar-refractivity contribution >= 4 is 5.91 Å². The molecule has 4 heteroatoms. The van der Waals surface area contributed by atoms with Gasteiger partial charge in [-0.3, -0.25) is 4.79 Å². The first kappa shape index (κ1) is 12.3. The molecule has 0 unspecified atom stereocenters. The number of hydrogen-bond acceptors (Lipinski definition) is 3. The molecule has 0 bridgehead atoms. The van der Waals surface area contributed by atoms with E-state index in [4.69, 9.17) is 16.6 Å². The molecule has 16 heavy (non-hydrogen) atoms. The Morgan fingerprint density at radius 2 is 2.38 bits per heavy atom. The lowest BCUT2D eigenvalue weighted by atomic mass is 10.3. The molecular weight excluding hydrogens is 204 g/mol. The second-order valence-corrected chi connectivity index (χ2v) is 3.40. The fourth-order valence-electron chi connectivity index (χ4n) is 1.39. The fourth-order valence-corrected chi connectivity index (χ4v) is 1.39. The predicted octanol–water partition coefficient (Wildman–Crippen LogP) is 1.22. The van der Waals surface area contributed by atoms with Crippen LogP contribution in [-0.2, 0) is 6.54 Å². The highest BCUT2D eigenvalue weighted by Gasteiger charge is 2.17. The largest absolute Gasteiger partial charge is 0.455 e. The van der Waals surface area contributed by atoms with Crippen molar-refractivity contribution in [2.24, 2.45) is 5.73 Å². The normalized spacial score (nSPS) is 9.81. The number of nitrogens with two attached hydrogens (primary N) is 1. The van der Waals surface area contributed by atoms with Crippen molar-refractivity contribution in [2.45, 2.75) is 19.9 Å². The maximum Gasteiger partial charge on any atom is 0.290 e. The molecule has 1 aromatic rings. The maximum atomic E-state index is 11.9. The van der Waals surface area contributed by atoms with E-state index in [0.717, 1.165) is 6.42 Å². The zero-order valence-electron chi connectivity index (χ0n) is 9.40. The minimum atomic E-state index is -0.181. The molecule has 0 aliphatic carbocycles. The van der Waals surface area contributed by atoms with Crippen molar-refractivity contribution in [2.75, 3.05) is 13.1 Å². The van der Waals surface area contributed by atoms with E-state index < -0.39 is 0 Å². The number of carbonyl (C=O) groups is 1. The highest BCUT2D eigenvalue weighted by atomic mass is 16.4. The lowest BCUT2D eigenvalue weighted by Crippen LogP contribution is -2.31. The van der Waals surface area contributed by atoms with Gasteiger partial charge in [-0.2, -0.15) is 0 Å². The summed E-state index contributed by atoms with van der Waals surface area (Å²) in [6.45, 7) is 3.20. The van der Waals surface area contributed by atoms with Crippen LogP contribution < -0.4 is 5.73 Å². The Kier molecular flexibility index (Phi) is 4.62. The Morgan fingerprint density at radius 1 is 1.62 bits per heavy atom. The van der Waals surface area contributed by atoms with Crippen LogP contribution in [0.4, 0.5) is 0 Å². The molecule has 1 heterocycles. The van der Waals surface area contributed by atoms with E-state index in [1.807, 2.05) is 6.92 Å². The number of hydrogen-bond donors (Lipinski definition) is 1. The lowest BCUT2D eigenvalue weighted by Gasteiger charge is -2.17. The number of nitrogens with zero attached hydrogens (tertiary/aromatic N) is 1. The standard InChI is InChI=1S/C12H16N2O2/c1-3-7-14(8-4-2)12(15)11-6-5-10(9-13)16-11/h1,5-6H,4,7-9,13H2,2H3. The van der Waals surface area contributed by atoms with Crippen LogP contribution in [0.15, 0.2) is 16.5 Å². The lowest BCUT2D eigenvalue weighted by molar-refractivity contribution is 0.0743. The Hall–Kier alpha value is -1.73. The summed E-state index contributed by atoms with van der Waals surface area (Å²) in [5.74, 6) is 3.17. The molecule has 86 valence electrons. The Morgan fingerprint density at radius 3 is 2.88 bits per heavy atom. The maximum absolute atomic E-state index is 11.9. The van der Waals surface area contributed by atoms with Crippen LogP contribution in [0.1, 0.15) is 29.7 Å². The van der Waals surface area contributed by atoms with Gasteiger partial charge in [-0.1, -0.05) is 12.8 Å². The predicted molar refractivity (Wildman–Crippen MR) is 61.6 cm³/mol. The van der Waals surface area contributed by atoms with Gasteiger partial charge in [0.1, 0.15) is 5.76 Å². The van der Waals surface area contributed by atoms with E-state index in [1.165, 1.54) is 0 Å². The molecule has 0 atom stereocenters. The van der Waals surface area contributed by atoms with Gasteiger partial charge in [0.2, 0.25) is 0 Å². The van der Waals surface area contributed by atoms with Crippen LogP contribution in [-0.4, -0.2) is 23.9 Å². The molecule has 0 aliphatic rings. The van der Waals surface area contributed by atoms with E-state index in [1.54, 1.807) is 17.0 Å². The van der Waals surface area contributed by atoms with Crippen molar-refractivity contribution in [3.8, 4) is 12.3 Å². The quantitative estimate of drug-likeness (QED) is 0.759. The monoisotopic (exact) mass is 220 g/mol. The van der Waals surface area contributed by atoms with Crippen molar-refractivity contribution in [3.63, 3.8) is 0 Å².